The van der Waals surface area contributed by atoms with Crippen molar-refractivity contribution in [1.29, 1.82) is 0 Å². The molecule has 1 aromatic heterocycles. The second kappa shape index (κ2) is 6.51. The van der Waals surface area contributed by atoms with Crippen LogP contribution >= 0.6 is 0 Å². The van der Waals surface area contributed by atoms with Crippen molar-refractivity contribution in [3.8, 4) is 0 Å². The van der Waals surface area contributed by atoms with E-state index in [1.807, 2.05) is 13.8 Å². The molecule has 2 rings (SSSR count). The summed E-state index contributed by atoms with van der Waals surface area (Å²) in [5.41, 5.74) is -0.328. The highest BCUT2D eigenvalue weighted by Crippen LogP contribution is 2.26. The number of amides is 1. The third-order valence-corrected chi connectivity index (χ3v) is 3.69. The van der Waals surface area contributed by atoms with Gasteiger partial charge in [-0.25, -0.2) is 8.78 Å². The first-order valence-corrected chi connectivity index (χ1v) is 7.18. The van der Waals surface area contributed by atoms with Gasteiger partial charge in [-0.2, -0.15) is 5.10 Å². The molecule has 1 atom stereocenters. The van der Waals surface area contributed by atoms with Gasteiger partial charge < -0.3 is 10.0 Å². The zero-order chi connectivity index (χ0) is 15.6. The van der Waals surface area contributed by atoms with Gasteiger partial charge in [-0.1, -0.05) is 13.8 Å². The van der Waals surface area contributed by atoms with Crippen molar-refractivity contribution < 1.29 is 18.7 Å². The lowest BCUT2D eigenvalue weighted by molar-refractivity contribution is 0.0766. The summed E-state index contributed by atoms with van der Waals surface area (Å²) in [7, 11) is 0. The van der Waals surface area contributed by atoms with E-state index < -0.39 is 12.3 Å². The smallest absolute Gasteiger partial charge is 0.280 e. The predicted molar refractivity (Wildman–Crippen MR) is 73.1 cm³/mol. The minimum atomic E-state index is -2.73. The van der Waals surface area contributed by atoms with Gasteiger partial charge in [-0.05, 0) is 12.3 Å². The van der Waals surface area contributed by atoms with E-state index in [1.165, 1.54) is 15.8 Å². The molecule has 1 unspecified atom stereocenters. The maximum atomic E-state index is 13.3. The average Bonchev–Trinajstić information content (AvgIpc) is 3.03. The average molecular weight is 301 g/mol. The molecule has 0 saturated carbocycles. The molecule has 1 aliphatic heterocycles. The van der Waals surface area contributed by atoms with Crippen LogP contribution in [0.4, 0.5) is 8.78 Å². The Bertz CT molecular complexity index is 502. The number of carbonyl (C=O) groups excluding carboxylic acids is 1. The number of alkyl halides is 2. The van der Waals surface area contributed by atoms with Gasteiger partial charge in [-0.3, -0.25) is 9.48 Å². The summed E-state index contributed by atoms with van der Waals surface area (Å²) in [5.74, 6) is -0.221. The molecule has 1 aromatic rings. The lowest BCUT2D eigenvalue weighted by Gasteiger charge is -2.17. The molecule has 0 aromatic carbocycles. The first kappa shape index (κ1) is 15.9. The third-order valence-electron chi connectivity index (χ3n) is 3.69. The summed E-state index contributed by atoms with van der Waals surface area (Å²) in [6.45, 7) is 5.08. The maximum absolute atomic E-state index is 13.3. The Labute approximate surface area is 122 Å². The fraction of sp³-hybridized carbons (Fsp3) is 0.714. The number of nitrogens with zero attached hydrogens (tertiary/aromatic N) is 3. The van der Waals surface area contributed by atoms with Gasteiger partial charge in [0.15, 0.2) is 0 Å². The highest BCUT2D eigenvalue weighted by molar-refractivity contribution is 5.95. The van der Waals surface area contributed by atoms with Gasteiger partial charge in [0, 0.05) is 32.2 Å². The third kappa shape index (κ3) is 3.40. The van der Waals surface area contributed by atoms with Crippen LogP contribution in [0.3, 0.4) is 0 Å². The molecule has 21 heavy (non-hydrogen) atoms. The van der Waals surface area contributed by atoms with Crippen LogP contribution in [-0.2, 0) is 6.54 Å². The molecule has 0 radical (unpaired) electrons. The van der Waals surface area contributed by atoms with Crippen LogP contribution in [0.25, 0.3) is 0 Å². The Kier molecular flexibility index (Phi) is 4.92. The molecule has 0 aliphatic carbocycles. The maximum Gasteiger partial charge on any atom is 0.280 e. The minimum absolute atomic E-state index is 0.0120. The molecule has 118 valence electrons. The lowest BCUT2D eigenvalue weighted by atomic mass is 10.1. The van der Waals surface area contributed by atoms with Crippen molar-refractivity contribution in [3.05, 3.63) is 17.5 Å². The van der Waals surface area contributed by atoms with E-state index in [0.717, 1.165) is 0 Å². The number of aliphatic hydroxyl groups excluding tert-OH is 1. The van der Waals surface area contributed by atoms with E-state index >= 15 is 0 Å². The Morgan fingerprint density at radius 1 is 1.52 bits per heavy atom. The number of hydrogen-bond donors (Lipinski definition) is 1. The molecule has 0 bridgehead atoms. The van der Waals surface area contributed by atoms with Crippen LogP contribution in [0.5, 0.6) is 0 Å². The molecule has 1 amide bonds. The molecule has 1 fully saturated rings. The van der Waals surface area contributed by atoms with Crippen LogP contribution in [0, 0.1) is 11.8 Å². The topological polar surface area (TPSA) is 58.4 Å². The van der Waals surface area contributed by atoms with E-state index in [4.69, 9.17) is 5.11 Å². The largest absolute Gasteiger partial charge is 0.396 e. The first-order valence-electron chi connectivity index (χ1n) is 7.18. The summed E-state index contributed by atoms with van der Waals surface area (Å²) in [5, 5.41) is 13.1. The van der Waals surface area contributed by atoms with Crippen LogP contribution in [-0.4, -0.2) is 45.4 Å². The number of halogens is 2. The Balaban J connectivity index is 2.23. The zero-order valence-corrected chi connectivity index (χ0v) is 12.3. The molecular formula is C14H21F2N3O2. The van der Waals surface area contributed by atoms with Crippen LogP contribution in [0.1, 0.15) is 42.7 Å². The number of hydrogen-bond acceptors (Lipinski definition) is 3. The van der Waals surface area contributed by atoms with Crippen molar-refractivity contribution in [2.45, 2.75) is 33.2 Å². The number of aromatic nitrogens is 2. The minimum Gasteiger partial charge on any atom is -0.396 e. The Hall–Kier alpha value is -1.50. The monoisotopic (exact) mass is 301 g/mol. The quantitative estimate of drug-likeness (QED) is 0.904. The highest BCUT2D eigenvalue weighted by atomic mass is 19.3. The SMILES string of the molecule is CC(C)Cn1ncc(C(=O)N2CCC(CO)C2)c1C(F)F. The molecule has 1 N–H and O–H groups in total. The second-order valence-electron chi connectivity index (χ2n) is 5.91. The second-order valence-corrected chi connectivity index (χ2v) is 5.91. The summed E-state index contributed by atoms with van der Waals surface area (Å²) in [4.78, 5) is 13.9. The molecule has 1 saturated heterocycles. The van der Waals surface area contributed by atoms with Crippen LogP contribution < -0.4 is 0 Å². The van der Waals surface area contributed by atoms with Crippen LogP contribution in [0.15, 0.2) is 6.20 Å². The van der Waals surface area contributed by atoms with Gasteiger partial charge in [0.2, 0.25) is 0 Å². The first-order chi connectivity index (χ1) is 9.93. The Morgan fingerprint density at radius 2 is 2.24 bits per heavy atom. The van der Waals surface area contributed by atoms with Gasteiger partial charge in [-0.15, -0.1) is 0 Å². The standard InChI is InChI=1S/C14H21F2N3O2/c1-9(2)6-19-12(13(15)16)11(5-17-19)14(21)18-4-3-10(7-18)8-20/h5,9-10,13,20H,3-4,6-8H2,1-2H3. The molecule has 2 heterocycles. The van der Waals surface area contributed by atoms with Crippen molar-refractivity contribution in [2.24, 2.45) is 11.8 Å². The van der Waals surface area contributed by atoms with E-state index in [2.05, 4.69) is 5.10 Å². The summed E-state index contributed by atoms with van der Waals surface area (Å²) >= 11 is 0. The molecular weight excluding hydrogens is 280 g/mol. The zero-order valence-electron chi connectivity index (χ0n) is 12.3. The normalized spacial score (nSPS) is 19.0. The summed E-state index contributed by atoms with van der Waals surface area (Å²) in [6, 6.07) is 0. The van der Waals surface area contributed by atoms with Gasteiger partial charge in [0.1, 0.15) is 5.69 Å². The van der Waals surface area contributed by atoms with E-state index in [1.54, 1.807) is 0 Å². The van der Waals surface area contributed by atoms with Gasteiger partial charge in [0.25, 0.3) is 12.3 Å². The fourth-order valence-corrected chi connectivity index (χ4v) is 2.62. The molecule has 1 aliphatic rings. The molecule has 0 spiro atoms. The number of aliphatic hydroxyl groups is 1. The van der Waals surface area contributed by atoms with E-state index in [-0.39, 0.29) is 29.7 Å². The molecule has 5 nitrogen and oxygen atoms in total. The lowest BCUT2D eigenvalue weighted by Crippen LogP contribution is -2.30. The van der Waals surface area contributed by atoms with E-state index in [9.17, 15) is 13.6 Å². The van der Waals surface area contributed by atoms with Crippen molar-refractivity contribution in [1.82, 2.24) is 14.7 Å². The van der Waals surface area contributed by atoms with Crippen molar-refractivity contribution in [2.75, 3.05) is 19.7 Å². The van der Waals surface area contributed by atoms with Crippen molar-refractivity contribution >= 4 is 5.91 Å². The summed E-state index contributed by atoms with van der Waals surface area (Å²) < 4.78 is 27.8. The van der Waals surface area contributed by atoms with Gasteiger partial charge >= 0.3 is 0 Å². The number of likely N-dealkylation sites (tertiary alicyclic amines) is 1. The Morgan fingerprint density at radius 3 is 2.76 bits per heavy atom. The number of carbonyl (C=O) groups is 1. The van der Waals surface area contributed by atoms with Gasteiger partial charge in [0.05, 0.1) is 11.8 Å². The predicted octanol–water partition coefficient (Wildman–Crippen LogP) is 1.93. The van der Waals surface area contributed by atoms with E-state index in [0.29, 0.717) is 26.1 Å². The summed E-state index contributed by atoms with van der Waals surface area (Å²) in [6.07, 6.45) is -0.799. The fourth-order valence-electron chi connectivity index (χ4n) is 2.62. The van der Waals surface area contributed by atoms with Crippen LogP contribution in [0.2, 0.25) is 0 Å². The highest BCUT2D eigenvalue weighted by Gasteiger charge is 2.31. The number of rotatable bonds is 5. The molecule has 7 heteroatoms. The van der Waals surface area contributed by atoms with Crippen molar-refractivity contribution in [3.63, 3.8) is 0 Å².